The molecular formula is C57H88InN15O21. The van der Waals surface area contributed by atoms with Crippen LogP contribution >= 0.6 is 0 Å². The van der Waals surface area contributed by atoms with E-state index in [4.69, 9.17) is 9.84 Å². The summed E-state index contributed by atoms with van der Waals surface area (Å²) >= 11 is 0. The van der Waals surface area contributed by atoms with Crippen LogP contribution in [0.25, 0.3) is 0 Å². The summed E-state index contributed by atoms with van der Waals surface area (Å²) in [5, 5.41) is 93.1. The van der Waals surface area contributed by atoms with Crippen molar-refractivity contribution in [2.75, 3.05) is 111 Å². The maximum absolute atomic E-state index is 13.2. The summed E-state index contributed by atoms with van der Waals surface area (Å²) in [6.07, 6.45) is 6.79. The molecule has 5 amide bonds. The second-order valence-electron chi connectivity index (χ2n) is 22.1. The average molecular weight is 1430 g/mol. The molecule has 1 aliphatic heterocycles. The number of carbonyl (C=O) groups excluding carboxylic acids is 4. The number of carboxylic acids is 8. The van der Waals surface area contributed by atoms with E-state index < -0.39 is 97.7 Å². The van der Waals surface area contributed by atoms with Gasteiger partial charge in [-0.3, -0.25) is 72.3 Å². The predicted molar refractivity (Wildman–Crippen MR) is 332 cm³/mol. The van der Waals surface area contributed by atoms with E-state index in [9.17, 15) is 93.3 Å². The fraction of sp³-hybridized carbons (Fsp3) is 0.596. The normalized spacial score (nSPS) is 14.2. The van der Waals surface area contributed by atoms with Crippen molar-refractivity contribution < 1.29 is 103 Å². The number of nitrogens with zero attached hydrogens (tertiary/aromatic N) is 11. The molecule has 1 aromatic carbocycles. The van der Waals surface area contributed by atoms with Gasteiger partial charge in [0.2, 0.25) is 17.7 Å². The second kappa shape index (κ2) is 43.4. The zero-order chi connectivity index (χ0) is 68.2. The van der Waals surface area contributed by atoms with Gasteiger partial charge in [-0.2, -0.15) is 0 Å². The molecule has 520 valence electrons. The molecule has 3 aromatic rings. The number of nitrogens with one attached hydrogen (secondary N) is 4. The van der Waals surface area contributed by atoms with Gasteiger partial charge >= 0.3 is 79.6 Å². The van der Waals surface area contributed by atoms with Gasteiger partial charge in [-0.15, -0.1) is 5.10 Å². The van der Waals surface area contributed by atoms with Crippen molar-refractivity contribution in [1.29, 1.82) is 0 Å². The molecule has 37 heteroatoms. The third kappa shape index (κ3) is 33.9. The Labute approximate surface area is 559 Å². The van der Waals surface area contributed by atoms with Crippen LogP contribution in [0.15, 0.2) is 42.9 Å². The standard InChI is InChI=1S/C57H85N15O21.In.3H/c73-46(59-15-4-3-7-43(55(88)89)61-57(92)62-44(56(90)91)13-14-49(76)77)8-2-1-5-18-69(31-45-58-17-20-70(45)33-48(75)71(37-53(84)85)38-54(86)87)29-40-9-11-42(12-10-40)93-39-41-30-72(64-63-41)19-6-16-60-47(74)32-65-21-23-66(34-50(78)79)25-27-68(36-52(82)83)28-26-67(24-22-65)35-51(80)81;;;;/h9-12,17,20,30,43-44H,1-8,13-16,18-19,21-29,31-39H2,(H,59,73)(H,60,74)(H,76,77)(H,78,79)(H,80,81)(H,82,83)(H,84,85)(H,86,87)(H,88,89)(H,90,91)(H2,61,62,92);;;;/t43-,44-;;;;/m0..../s1. The van der Waals surface area contributed by atoms with Crippen LogP contribution in [0.1, 0.15) is 81.3 Å². The van der Waals surface area contributed by atoms with Crippen LogP contribution in [-0.4, -0.2) is 315 Å². The van der Waals surface area contributed by atoms with E-state index in [1.165, 1.54) is 17.0 Å². The Morgan fingerprint density at radius 2 is 1.09 bits per heavy atom. The molecule has 0 unspecified atom stereocenters. The topological polar surface area (TPSA) is 492 Å². The Morgan fingerprint density at radius 3 is 1.62 bits per heavy atom. The number of unbranched alkanes of at least 4 members (excludes halogenated alkanes) is 3. The number of aliphatic carboxylic acids is 8. The zero-order valence-corrected chi connectivity index (χ0v) is 51.6. The first kappa shape index (κ1) is 79.7. The van der Waals surface area contributed by atoms with Gasteiger partial charge in [-0.25, -0.2) is 19.4 Å². The monoisotopic (exact) mass is 1430 g/mol. The molecule has 3 heterocycles. The summed E-state index contributed by atoms with van der Waals surface area (Å²) in [6.45, 7) is 1.35. The first-order chi connectivity index (χ1) is 44.3. The van der Waals surface area contributed by atoms with E-state index in [-0.39, 0.29) is 149 Å². The third-order valence-electron chi connectivity index (χ3n) is 14.5. The van der Waals surface area contributed by atoms with Gasteiger partial charge in [0, 0.05) is 104 Å². The molecule has 4 rings (SSSR count). The van der Waals surface area contributed by atoms with Crippen molar-refractivity contribution in [3.63, 3.8) is 0 Å². The van der Waals surface area contributed by atoms with Crippen molar-refractivity contribution in [3.05, 3.63) is 59.9 Å². The Balaban J connectivity index is 0.0000230. The Kier molecular flexibility index (Phi) is 36.8. The summed E-state index contributed by atoms with van der Waals surface area (Å²) in [5.74, 6) is -10.4. The Morgan fingerprint density at radius 1 is 0.553 bits per heavy atom. The summed E-state index contributed by atoms with van der Waals surface area (Å²) in [7, 11) is 0. The second-order valence-corrected chi connectivity index (χ2v) is 22.1. The van der Waals surface area contributed by atoms with Crippen LogP contribution < -0.4 is 26.0 Å². The van der Waals surface area contributed by atoms with Crippen LogP contribution in [0.3, 0.4) is 0 Å². The van der Waals surface area contributed by atoms with Gasteiger partial charge in [-0.1, -0.05) is 23.8 Å². The number of imidazole rings is 1. The Hall–Kier alpha value is -8.52. The number of aryl methyl sites for hydroxylation is 1. The molecule has 12 N–H and O–H groups in total. The van der Waals surface area contributed by atoms with Crippen molar-refractivity contribution in [1.82, 2.24) is 75.2 Å². The molecule has 2 atom stereocenters. The van der Waals surface area contributed by atoms with Gasteiger partial charge < -0.3 is 76.3 Å². The number of rotatable bonds is 43. The molecule has 1 saturated heterocycles. The summed E-state index contributed by atoms with van der Waals surface area (Å²) in [4.78, 5) is 157. The number of amides is 5. The molecule has 36 nitrogen and oxygen atoms in total. The third-order valence-corrected chi connectivity index (χ3v) is 14.5. The molecule has 94 heavy (non-hydrogen) atoms. The molecule has 1 fully saturated rings. The van der Waals surface area contributed by atoms with Crippen LogP contribution in [-0.2, 0) is 85.5 Å². The minimum absolute atomic E-state index is 0. The fourth-order valence-electron chi connectivity index (χ4n) is 9.72. The first-order valence-corrected chi connectivity index (χ1v) is 30.2. The Bertz CT molecular complexity index is 2910. The molecule has 0 bridgehead atoms. The number of carbonyl (C=O) groups is 12. The van der Waals surface area contributed by atoms with E-state index in [1.807, 2.05) is 17.0 Å². The zero-order valence-electron chi connectivity index (χ0n) is 51.6. The van der Waals surface area contributed by atoms with E-state index in [0.29, 0.717) is 93.5 Å². The van der Waals surface area contributed by atoms with E-state index >= 15 is 0 Å². The van der Waals surface area contributed by atoms with Gasteiger partial charge in [0.05, 0.1) is 38.9 Å². The number of ether oxygens (including phenoxy) is 1. The summed E-state index contributed by atoms with van der Waals surface area (Å²) in [5.41, 5.74) is 1.40. The van der Waals surface area contributed by atoms with E-state index in [1.54, 1.807) is 37.7 Å². The number of hydrogen-bond donors (Lipinski definition) is 12. The molecule has 0 aliphatic carbocycles. The molecule has 0 radical (unpaired) electrons. The molecule has 0 saturated carbocycles. The van der Waals surface area contributed by atoms with Gasteiger partial charge in [0.1, 0.15) is 55.6 Å². The molecular weight excluding hydrogens is 1350 g/mol. The van der Waals surface area contributed by atoms with E-state index in [0.717, 1.165) is 5.56 Å². The van der Waals surface area contributed by atoms with Crippen molar-refractivity contribution in [2.24, 2.45) is 0 Å². The quantitative estimate of drug-likeness (QED) is 0.0248. The number of benzene rings is 1. The summed E-state index contributed by atoms with van der Waals surface area (Å²) in [6, 6.07) is 3.27. The molecule has 0 spiro atoms. The first-order valence-electron chi connectivity index (χ1n) is 30.2. The fourth-order valence-corrected chi connectivity index (χ4v) is 9.72. The summed E-state index contributed by atoms with van der Waals surface area (Å²) < 4.78 is 9.14. The molecule has 2 aromatic heterocycles. The van der Waals surface area contributed by atoms with Crippen LogP contribution in [0.2, 0.25) is 0 Å². The van der Waals surface area contributed by atoms with Crippen molar-refractivity contribution in [3.8, 4) is 5.75 Å². The number of carboxylic acid groups (broad SMARTS) is 8. The number of urea groups is 1. The van der Waals surface area contributed by atoms with Gasteiger partial charge in [0.25, 0.3) is 0 Å². The van der Waals surface area contributed by atoms with Gasteiger partial charge in [-0.05, 0) is 69.2 Å². The maximum atomic E-state index is 13.2. The van der Waals surface area contributed by atoms with Crippen molar-refractivity contribution in [2.45, 2.75) is 109 Å². The average Bonchev–Trinajstić information content (AvgIpc) is 1.78. The number of aromatic nitrogens is 5. The van der Waals surface area contributed by atoms with Crippen LogP contribution in [0.4, 0.5) is 4.79 Å². The SMILES string of the molecule is O=C(O)CC[C@H](NC(=O)N[C@@H](CCCCNC(=O)CCCCCN(Cc1ccc(OCc2cn(CCCNC(=O)CN3CCN(CC(=O)O)CCN(CC(=O)O)CCN(CC(=O)O)CC3)nn2)cc1)Cc1nccn1CC(=O)N(CC(=O)O)CC(=O)O)C(=O)O)C(=O)O.[InH3]. The predicted octanol–water partition coefficient (Wildman–Crippen LogP) is -3.23. The van der Waals surface area contributed by atoms with Crippen LogP contribution in [0, 0.1) is 0 Å². The van der Waals surface area contributed by atoms with E-state index in [2.05, 4.69) is 41.5 Å². The van der Waals surface area contributed by atoms with Crippen molar-refractivity contribution >= 4 is 97.4 Å². The molecule has 1 aliphatic rings. The van der Waals surface area contributed by atoms with Gasteiger partial charge in [0.15, 0.2) is 0 Å². The minimum atomic E-state index is -1.55. The van der Waals surface area contributed by atoms with Crippen LogP contribution in [0.5, 0.6) is 5.75 Å². The number of hydrogen-bond acceptors (Lipinski definition) is 21.